The summed E-state index contributed by atoms with van der Waals surface area (Å²) in [5.74, 6) is 0. The Kier molecular flexibility index (Phi) is 1.95. The first-order valence-electron chi connectivity index (χ1n) is 5.44. The first-order valence-corrected chi connectivity index (χ1v) is 5.44. The second-order valence-corrected chi connectivity index (χ2v) is 5.12. The molecule has 1 heteroatoms. The van der Waals surface area contributed by atoms with Gasteiger partial charge in [-0.1, -0.05) is 19.8 Å². The van der Waals surface area contributed by atoms with Gasteiger partial charge in [-0.05, 0) is 49.5 Å². The lowest BCUT2D eigenvalue weighted by Crippen LogP contribution is -2.49. The van der Waals surface area contributed by atoms with Crippen LogP contribution < -0.4 is 5.73 Å². The van der Waals surface area contributed by atoms with Crippen molar-refractivity contribution in [2.45, 2.75) is 51.9 Å². The molecule has 2 fully saturated rings. The van der Waals surface area contributed by atoms with Gasteiger partial charge >= 0.3 is 0 Å². The maximum Gasteiger partial charge on any atom is -0.00202 e. The summed E-state index contributed by atoms with van der Waals surface area (Å²) in [6.07, 6.45) is 10.1. The van der Waals surface area contributed by atoms with Gasteiger partial charge in [-0.15, -0.1) is 0 Å². The lowest BCUT2D eigenvalue weighted by atomic mass is 9.51. The van der Waals surface area contributed by atoms with E-state index in [4.69, 9.17) is 5.73 Å². The molecular formula is C11H21N. The van der Waals surface area contributed by atoms with Crippen molar-refractivity contribution in [1.29, 1.82) is 0 Å². The molecule has 0 unspecified atom stereocenters. The van der Waals surface area contributed by atoms with Crippen LogP contribution in [0.1, 0.15) is 51.9 Å². The average Bonchev–Trinajstić information content (AvgIpc) is 2.49. The highest BCUT2D eigenvalue weighted by atomic mass is 14.7. The molecule has 0 heterocycles. The Labute approximate surface area is 75.7 Å². The molecule has 2 saturated carbocycles. The van der Waals surface area contributed by atoms with Crippen molar-refractivity contribution in [1.82, 2.24) is 0 Å². The fraction of sp³-hybridized carbons (Fsp3) is 1.00. The van der Waals surface area contributed by atoms with Crippen LogP contribution in [0, 0.1) is 10.8 Å². The maximum atomic E-state index is 5.83. The Bertz CT molecular complexity index is 152. The van der Waals surface area contributed by atoms with Gasteiger partial charge in [0.05, 0.1) is 0 Å². The molecular weight excluding hydrogens is 146 g/mol. The summed E-state index contributed by atoms with van der Waals surface area (Å²) in [5.41, 5.74) is 7.16. The quantitative estimate of drug-likeness (QED) is 0.672. The summed E-state index contributed by atoms with van der Waals surface area (Å²) in [6.45, 7) is 3.22. The molecule has 70 valence electrons. The van der Waals surface area contributed by atoms with Gasteiger partial charge in [0, 0.05) is 0 Å². The molecule has 0 atom stereocenters. The first-order chi connectivity index (χ1) is 5.74. The predicted octanol–water partition coefficient (Wildman–Crippen LogP) is 2.70. The molecule has 0 aromatic rings. The van der Waals surface area contributed by atoms with Crippen molar-refractivity contribution >= 4 is 0 Å². The Hall–Kier alpha value is -0.0400. The lowest BCUT2D eigenvalue weighted by Gasteiger charge is -2.55. The fourth-order valence-corrected chi connectivity index (χ4v) is 3.56. The zero-order valence-corrected chi connectivity index (χ0v) is 8.23. The van der Waals surface area contributed by atoms with Crippen molar-refractivity contribution < 1.29 is 0 Å². The van der Waals surface area contributed by atoms with E-state index in [1.807, 2.05) is 0 Å². The second-order valence-electron chi connectivity index (χ2n) is 5.12. The van der Waals surface area contributed by atoms with Crippen LogP contribution in [0.25, 0.3) is 0 Å². The molecule has 1 nitrogen and oxygen atoms in total. The van der Waals surface area contributed by atoms with Gasteiger partial charge in [-0.2, -0.15) is 0 Å². The SMILES string of the molecule is CCC1(CN)CC2(CCCC2)C1. The predicted molar refractivity (Wildman–Crippen MR) is 51.9 cm³/mol. The Morgan fingerprint density at radius 2 is 1.75 bits per heavy atom. The van der Waals surface area contributed by atoms with Crippen LogP contribution in [0.5, 0.6) is 0 Å². The van der Waals surface area contributed by atoms with Crippen LogP contribution in [-0.4, -0.2) is 6.54 Å². The van der Waals surface area contributed by atoms with Gasteiger partial charge in [0.2, 0.25) is 0 Å². The van der Waals surface area contributed by atoms with Crippen LogP contribution in [0.2, 0.25) is 0 Å². The molecule has 0 amide bonds. The Morgan fingerprint density at radius 3 is 2.17 bits per heavy atom. The van der Waals surface area contributed by atoms with E-state index in [0.717, 1.165) is 12.0 Å². The number of nitrogens with two attached hydrogens (primary N) is 1. The summed E-state index contributed by atoms with van der Waals surface area (Å²) >= 11 is 0. The third-order valence-corrected chi connectivity index (χ3v) is 4.35. The normalized spacial score (nSPS) is 30.5. The smallest absolute Gasteiger partial charge is 0.00202 e. The van der Waals surface area contributed by atoms with Gasteiger partial charge in [0.15, 0.2) is 0 Å². The molecule has 0 aromatic carbocycles. The van der Waals surface area contributed by atoms with E-state index >= 15 is 0 Å². The maximum absolute atomic E-state index is 5.83. The number of hydrogen-bond donors (Lipinski definition) is 1. The molecule has 2 N–H and O–H groups in total. The molecule has 2 aliphatic carbocycles. The first kappa shape index (κ1) is 8.55. The highest BCUT2D eigenvalue weighted by molar-refractivity contribution is 5.04. The van der Waals surface area contributed by atoms with E-state index in [1.165, 1.54) is 44.9 Å². The monoisotopic (exact) mass is 167 g/mol. The zero-order chi connectivity index (χ0) is 8.66. The highest BCUT2D eigenvalue weighted by Crippen LogP contribution is 2.63. The Morgan fingerprint density at radius 1 is 1.17 bits per heavy atom. The standard InChI is InChI=1S/C11H21N/c1-2-10(9-12)7-11(8-10)5-3-4-6-11/h2-9,12H2,1H3. The van der Waals surface area contributed by atoms with Crippen molar-refractivity contribution in [3.05, 3.63) is 0 Å². The Balaban J connectivity index is 1.96. The van der Waals surface area contributed by atoms with Gasteiger partial charge in [-0.3, -0.25) is 0 Å². The molecule has 0 radical (unpaired) electrons. The van der Waals surface area contributed by atoms with Crippen molar-refractivity contribution in [2.75, 3.05) is 6.54 Å². The molecule has 2 aliphatic rings. The van der Waals surface area contributed by atoms with Gasteiger partial charge in [-0.25, -0.2) is 0 Å². The highest BCUT2D eigenvalue weighted by Gasteiger charge is 2.53. The minimum Gasteiger partial charge on any atom is -0.330 e. The van der Waals surface area contributed by atoms with E-state index in [2.05, 4.69) is 6.92 Å². The summed E-state index contributed by atoms with van der Waals surface area (Å²) in [5, 5.41) is 0. The molecule has 0 aromatic heterocycles. The third-order valence-electron chi connectivity index (χ3n) is 4.35. The third kappa shape index (κ3) is 1.10. The van der Waals surface area contributed by atoms with Gasteiger partial charge < -0.3 is 5.73 Å². The molecule has 0 saturated heterocycles. The minimum atomic E-state index is 0.560. The van der Waals surface area contributed by atoms with E-state index in [-0.39, 0.29) is 0 Å². The summed E-state index contributed by atoms with van der Waals surface area (Å²) in [4.78, 5) is 0. The largest absolute Gasteiger partial charge is 0.330 e. The lowest BCUT2D eigenvalue weighted by molar-refractivity contribution is -0.0320. The van der Waals surface area contributed by atoms with E-state index in [9.17, 15) is 0 Å². The van der Waals surface area contributed by atoms with Crippen LogP contribution in [0.15, 0.2) is 0 Å². The van der Waals surface area contributed by atoms with E-state index in [0.29, 0.717) is 5.41 Å². The molecule has 12 heavy (non-hydrogen) atoms. The molecule has 2 rings (SSSR count). The van der Waals surface area contributed by atoms with Gasteiger partial charge in [0.25, 0.3) is 0 Å². The van der Waals surface area contributed by atoms with Crippen LogP contribution in [-0.2, 0) is 0 Å². The van der Waals surface area contributed by atoms with Gasteiger partial charge in [0.1, 0.15) is 0 Å². The minimum absolute atomic E-state index is 0.560. The van der Waals surface area contributed by atoms with Crippen molar-refractivity contribution in [3.8, 4) is 0 Å². The second kappa shape index (κ2) is 2.73. The molecule has 1 spiro atoms. The molecule has 0 bridgehead atoms. The zero-order valence-electron chi connectivity index (χ0n) is 8.23. The van der Waals surface area contributed by atoms with Crippen LogP contribution in [0.3, 0.4) is 0 Å². The summed E-state index contributed by atoms with van der Waals surface area (Å²) in [7, 11) is 0. The molecule has 0 aliphatic heterocycles. The van der Waals surface area contributed by atoms with Crippen molar-refractivity contribution in [3.63, 3.8) is 0 Å². The summed E-state index contributed by atoms with van der Waals surface area (Å²) < 4.78 is 0. The van der Waals surface area contributed by atoms with E-state index < -0.39 is 0 Å². The number of rotatable bonds is 2. The van der Waals surface area contributed by atoms with Crippen LogP contribution in [0.4, 0.5) is 0 Å². The summed E-state index contributed by atoms with van der Waals surface area (Å²) in [6, 6.07) is 0. The van der Waals surface area contributed by atoms with Crippen molar-refractivity contribution in [2.24, 2.45) is 16.6 Å². The fourth-order valence-electron chi connectivity index (χ4n) is 3.56. The number of hydrogen-bond acceptors (Lipinski definition) is 1. The van der Waals surface area contributed by atoms with Crippen LogP contribution >= 0.6 is 0 Å². The average molecular weight is 167 g/mol. The van der Waals surface area contributed by atoms with E-state index in [1.54, 1.807) is 0 Å². The topological polar surface area (TPSA) is 26.0 Å².